The van der Waals surface area contributed by atoms with E-state index < -0.39 is 22.0 Å². The smallest absolute Gasteiger partial charge is 0.245 e. The van der Waals surface area contributed by atoms with Crippen molar-refractivity contribution in [2.24, 2.45) is 0 Å². The van der Waals surface area contributed by atoms with E-state index in [2.05, 4.69) is 10.0 Å². The molecule has 1 unspecified atom stereocenters. The number of anilines is 1. The van der Waals surface area contributed by atoms with Crippen LogP contribution < -0.4 is 14.8 Å². The van der Waals surface area contributed by atoms with Gasteiger partial charge >= 0.3 is 0 Å². The van der Waals surface area contributed by atoms with Crippen LogP contribution >= 0.6 is 11.6 Å². The lowest BCUT2D eigenvalue weighted by Crippen LogP contribution is -2.45. The first-order valence-corrected chi connectivity index (χ1v) is 11.9. The molecule has 0 heterocycles. The minimum atomic E-state index is -4.18. The van der Waals surface area contributed by atoms with Gasteiger partial charge in [-0.25, -0.2) is 8.42 Å². The molecule has 33 heavy (non-hydrogen) atoms. The summed E-state index contributed by atoms with van der Waals surface area (Å²) in [6, 6.07) is 18.5. The van der Waals surface area contributed by atoms with Gasteiger partial charge < -0.3 is 10.1 Å². The standard InChI is InChI=1S/C24H23ClN2O5S/c1-16(28)18-9-6-10-20(14-18)26-24(29)21(13-17-7-4-3-5-8-17)27-33(30,31)23-15-19(25)11-12-22(23)32-2/h3-12,14-15,21,27H,13H2,1-2H3,(H,26,29). The van der Waals surface area contributed by atoms with Gasteiger partial charge in [-0.05, 0) is 49.2 Å². The number of ether oxygens (including phenoxy) is 1. The maximum atomic E-state index is 13.2. The molecular weight excluding hydrogens is 464 g/mol. The molecule has 2 N–H and O–H groups in total. The molecule has 0 saturated heterocycles. The molecule has 0 aromatic heterocycles. The quantitative estimate of drug-likeness (QED) is 0.444. The summed E-state index contributed by atoms with van der Waals surface area (Å²) < 4.78 is 34.0. The van der Waals surface area contributed by atoms with Crippen molar-refractivity contribution >= 4 is 39.0 Å². The minimum absolute atomic E-state index is 0.0972. The summed E-state index contributed by atoms with van der Waals surface area (Å²) in [7, 11) is -2.83. The zero-order valence-corrected chi connectivity index (χ0v) is 19.6. The average Bonchev–Trinajstić information content (AvgIpc) is 2.79. The number of ketones is 1. The van der Waals surface area contributed by atoms with Crippen molar-refractivity contribution in [3.63, 3.8) is 0 Å². The largest absolute Gasteiger partial charge is 0.495 e. The van der Waals surface area contributed by atoms with Crippen molar-refractivity contribution in [1.82, 2.24) is 4.72 Å². The fourth-order valence-electron chi connectivity index (χ4n) is 3.19. The molecule has 0 aliphatic rings. The van der Waals surface area contributed by atoms with Gasteiger partial charge in [0.2, 0.25) is 15.9 Å². The molecule has 0 saturated carbocycles. The monoisotopic (exact) mass is 486 g/mol. The Morgan fingerprint density at radius 1 is 1.00 bits per heavy atom. The van der Waals surface area contributed by atoms with Crippen molar-refractivity contribution < 1.29 is 22.7 Å². The SMILES string of the molecule is COc1ccc(Cl)cc1S(=O)(=O)NC(Cc1ccccc1)C(=O)Nc1cccc(C(C)=O)c1. The summed E-state index contributed by atoms with van der Waals surface area (Å²) >= 11 is 6.00. The number of halogens is 1. The lowest BCUT2D eigenvalue weighted by atomic mass is 10.1. The van der Waals surface area contributed by atoms with Gasteiger partial charge in [-0.2, -0.15) is 4.72 Å². The molecule has 0 spiro atoms. The number of rotatable bonds is 9. The number of hydrogen-bond acceptors (Lipinski definition) is 5. The van der Waals surface area contributed by atoms with E-state index in [1.165, 1.54) is 38.3 Å². The number of hydrogen-bond donors (Lipinski definition) is 2. The Labute approximate surface area is 197 Å². The van der Waals surface area contributed by atoms with Crippen molar-refractivity contribution in [3.05, 3.63) is 88.9 Å². The molecule has 1 atom stereocenters. The lowest BCUT2D eigenvalue weighted by Gasteiger charge is -2.20. The van der Waals surface area contributed by atoms with Gasteiger partial charge in [0.15, 0.2) is 5.78 Å². The van der Waals surface area contributed by atoms with Crippen LogP contribution in [0.2, 0.25) is 5.02 Å². The van der Waals surface area contributed by atoms with Crippen LogP contribution in [0.25, 0.3) is 0 Å². The van der Waals surface area contributed by atoms with E-state index in [-0.39, 0.29) is 27.9 Å². The van der Waals surface area contributed by atoms with Gasteiger partial charge in [0.1, 0.15) is 16.7 Å². The second-order valence-electron chi connectivity index (χ2n) is 7.29. The Morgan fingerprint density at radius 3 is 2.39 bits per heavy atom. The molecule has 0 bridgehead atoms. The third-order valence-corrected chi connectivity index (χ3v) is 6.58. The van der Waals surface area contributed by atoms with E-state index in [0.717, 1.165) is 5.56 Å². The fraction of sp³-hybridized carbons (Fsp3) is 0.167. The van der Waals surface area contributed by atoms with Gasteiger partial charge in [-0.3, -0.25) is 9.59 Å². The molecule has 0 fully saturated rings. The first-order chi connectivity index (χ1) is 15.7. The van der Waals surface area contributed by atoms with Crippen LogP contribution in [0.15, 0.2) is 77.7 Å². The molecule has 172 valence electrons. The molecule has 0 aliphatic heterocycles. The minimum Gasteiger partial charge on any atom is -0.495 e. The molecule has 1 amide bonds. The van der Waals surface area contributed by atoms with E-state index in [1.54, 1.807) is 42.5 Å². The Bertz CT molecular complexity index is 1260. The molecule has 3 rings (SSSR count). The van der Waals surface area contributed by atoms with E-state index in [0.29, 0.717) is 11.3 Å². The average molecular weight is 487 g/mol. The summed E-state index contributed by atoms with van der Waals surface area (Å²) in [5.41, 5.74) is 1.57. The number of nitrogens with one attached hydrogen (secondary N) is 2. The molecule has 7 nitrogen and oxygen atoms in total. The summed E-state index contributed by atoms with van der Waals surface area (Å²) in [6.07, 6.45) is 0.0984. The number of carbonyl (C=O) groups excluding carboxylic acids is 2. The number of carbonyl (C=O) groups is 2. The highest BCUT2D eigenvalue weighted by Crippen LogP contribution is 2.27. The number of benzene rings is 3. The van der Waals surface area contributed by atoms with Crippen LogP contribution in [0.1, 0.15) is 22.8 Å². The highest BCUT2D eigenvalue weighted by Gasteiger charge is 2.28. The van der Waals surface area contributed by atoms with E-state index in [1.807, 2.05) is 6.07 Å². The third-order valence-electron chi connectivity index (χ3n) is 4.85. The van der Waals surface area contributed by atoms with Crippen LogP contribution in [0, 0.1) is 0 Å². The maximum absolute atomic E-state index is 13.2. The highest BCUT2D eigenvalue weighted by molar-refractivity contribution is 7.89. The summed E-state index contributed by atoms with van der Waals surface area (Å²) in [4.78, 5) is 24.6. The van der Waals surface area contributed by atoms with E-state index in [9.17, 15) is 18.0 Å². The van der Waals surface area contributed by atoms with Gasteiger partial charge in [-0.15, -0.1) is 0 Å². The van der Waals surface area contributed by atoms with Crippen molar-refractivity contribution in [3.8, 4) is 5.75 Å². The maximum Gasteiger partial charge on any atom is 0.245 e. The third kappa shape index (κ3) is 6.41. The second kappa shape index (κ2) is 10.6. The van der Waals surface area contributed by atoms with Gasteiger partial charge in [-0.1, -0.05) is 54.1 Å². The number of sulfonamides is 1. The molecule has 3 aromatic carbocycles. The van der Waals surface area contributed by atoms with Gasteiger partial charge in [0, 0.05) is 16.3 Å². The van der Waals surface area contributed by atoms with Gasteiger partial charge in [0.25, 0.3) is 0 Å². The molecule has 0 radical (unpaired) electrons. The zero-order chi connectivity index (χ0) is 24.0. The van der Waals surface area contributed by atoms with Crippen LogP contribution in [0.5, 0.6) is 5.75 Å². The summed E-state index contributed by atoms with van der Waals surface area (Å²) in [5, 5.41) is 2.91. The topological polar surface area (TPSA) is 102 Å². The lowest BCUT2D eigenvalue weighted by molar-refractivity contribution is -0.117. The Morgan fingerprint density at radius 2 is 1.73 bits per heavy atom. The Kier molecular flexibility index (Phi) is 7.86. The number of amides is 1. The molecule has 9 heteroatoms. The Hall–Kier alpha value is -3.20. The first kappa shape index (κ1) is 24.4. The predicted molar refractivity (Wildman–Crippen MR) is 127 cm³/mol. The molecule has 3 aromatic rings. The van der Waals surface area contributed by atoms with E-state index in [4.69, 9.17) is 16.3 Å². The van der Waals surface area contributed by atoms with E-state index >= 15 is 0 Å². The second-order valence-corrected chi connectivity index (χ2v) is 9.40. The molecule has 0 aliphatic carbocycles. The van der Waals surface area contributed by atoms with Crippen LogP contribution in [0.4, 0.5) is 5.69 Å². The van der Waals surface area contributed by atoms with Crippen LogP contribution in [-0.4, -0.2) is 33.3 Å². The number of Topliss-reactive ketones (excluding diaryl/α,β-unsaturated/α-hetero) is 1. The summed E-state index contributed by atoms with van der Waals surface area (Å²) in [5.74, 6) is -0.634. The number of methoxy groups -OCH3 is 1. The van der Waals surface area contributed by atoms with Crippen LogP contribution in [-0.2, 0) is 21.2 Å². The van der Waals surface area contributed by atoms with Crippen molar-refractivity contribution in [2.75, 3.05) is 12.4 Å². The normalized spacial score (nSPS) is 12.1. The fourth-order valence-corrected chi connectivity index (χ4v) is 4.82. The van der Waals surface area contributed by atoms with Crippen molar-refractivity contribution in [2.45, 2.75) is 24.3 Å². The Balaban J connectivity index is 1.93. The first-order valence-electron chi connectivity index (χ1n) is 10.0. The highest BCUT2D eigenvalue weighted by atomic mass is 35.5. The van der Waals surface area contributed by atoms with Gasteiger partial charge in [0.05, 0.1) is 7.11 Å². The summed E-state index contributed by atoms with van der Waals surface area (Å²) in [6.45, 7) is 1.42. The van der Waals surface area contributed by atoms with Crippen molar-refractivity contribution in [1.29, 1.82) is 0 Å². The predicted octanol–water partition coefficient (Wildman–Crippen LogP) is 4.08. The van der Waals surface area contributed by atoms with Crippen LogP contribution in [0.3, 0.4) is 0 Å². The molecular formula is C24H23ClN2O5S. The zero-order valence-electron chi connectivity index (χ0n) is 18.0.